The minimum absolute atomic E-state index is 0.00926. The lowest BCUT2D eigenvalue weighted by Crippen LogP contribution is -2.34. The van der Waals surface area contributed by atoms with Gasteiger partial charge in [-0.25, -0.2) is 6.57 Å². The zero-order chi connectivity index (χ0) is 8.27. The lowest BCUT2D eigenvalue weighted by Gasteiger charge is -2.16. The summed E-state index contributed by atoms with van der Waals surface area (Å²) in [5.74, 6) is -0.00926. The first-order valence-electron chi connectivity index (χ1n) is 3.92. The number of hydrogen-bond donors (Lipinski definition) is 0. The van der Waals surface area contributed by atoms with E-state index in [0.717, 1.165) is 19.4 Å². The van der Waals surface area contributed by atoms with Crippen LogP contribution in [0.1, 0.15) is 19.8 Å². The molecule has 0 aliphatic heterocycles. The Morgan fingerprint density at radius 1 is 1.73 bits per heavy atom. The number of likely N-dealkylation sites (N-methyl/N-ethyl adjacent to an activating group) is 1. The van der Waals surface area contributed by atoms with Crippen molar-refractivity contribution in [3.8, 4) is 0 Å². The molecule has 3 heteroatoms. The summed E-state index contributed by atoms with van der Waals surface area (Å²) in [5.41, 5.74) is 0. The van der Waals surface area contributed by atoms with Crippen molar-refractivity contribution < 1.29 is 4.79 Å². The molecular weight excluding hydrogens is 140 g/mol. The largest absolute Gasteiger partial charge is 0.334 e. The Hall–Kier alpha value is -1.04. The molecule has 1 rings (SSSR count). The SMILES string of the molecule is [C-]#[N+]CC(=O)N(CC)C1CC1. The molecule has 0 unspecified atom stereocenters. The molecule has 0 aromatic heterocycles. The molecule has 0 saturated heterocycles. The molecule has 0 N–H and O–H groups in total. The van der Waals surface area contributed by atoms with Gasteiger partial charge in [-0.3, -0.25) is 4.79 Å². The van der Waals surface area contributed by atoms with E-state index in [1.807, 2.05) is 6.92 Å². The van der Waals surface area contributed by atoms with E-state index in [0.29, 0.717) is 6.04 Å². The molecular formula is C8H12N2O. The minimum Gasteiger partial charge on any atom is -0.334 e. The Bertz CT molecular complexity index is 191. The Balaban J connectivity index is 2.41. The van der Waals surface area contributed by atoms with Crippen LogP contribution in [0, 0.1) is 6.57 Å². The van der Waals surface area contributed by atoms with Crippen molar-refractivity contribution in [1.29, 1.82) is 0 Å². The predicted molar refractivity (Wildman–Crippen MR) is 41.9 cm³/mol. The van der Waals surface area contributed by atoms with Gasteiger partial charge in [-0.05, 0) is 19.8 Å². The quantitative estimate of drug-likeness (QED) is 0.552. The molecule has 1 fully saturated rings. The van der Waals surface area contributed by atoms with Crippen LogP contribution in [0.25, 0.3) is 4.85 Å². The van der Waals surface area contributed by atoms with Crippen LogP contribution in [0.4, 0.5) is 0 Å². The van der Waals surface area contributed by atoms with Crippen LogP contribution in [-0.2, 0) is 4.79 Å². The molecule has 60 valence electrons. The smallest absolute Gasteiger partial charge is 0.302 e. The van der Waals surface area contributed by atoms with E-state index >= 15 is 0 Å². The molecule has 0 aromatic rings. The van der Waals surface area contributed by atoms with Gasteiger partial charge in [0.2, 0.25) is 0 Å². The third-order valence-corrected chi connectivity index (χ3v) is 1.86. The lowest BCUT2D eigenvalue weighted by molar-refractivity contribution is -0.129. The first kappa shape index (κ1) is 8.06. The number of hydrogen-bond acceptors (Lipinski definition) is 1. The van der Waals surface area contributed by atoms with E-state index in [4.69, 9.17) is 6.57 Å². The summed E-state index contributed by atoms with van der Waals surface area (Å²) in [6, 6.07) is 0.453. The van der Waals surface area contributed by atoms with Crippen LogP contribution in [-0.4, -0.2) is 29.9 Å². The third-order valence-electron chi connectivity index (χ3n) is 1.86. The fraction of sp³-hybridized carbons (Fsp3) is 0.750. The summed E-state index contributed by atoms with van der Waals surface area (Å²) in [6.45, 7) is 9.27. The van der Waals surface area contributed by atoms with Gasteiger partial charge in [0, 0.05) is 12.6 Å². The van der Waals surface area contributed by atoms with Crippen molar-refractivity contribution in [3.63, 3.8) is 0 Å². The maximum absolute atomic E-state index is 11.2. The first-order valence-corrected chi connectivity index (χ1v) is 3.92. The van der Waals surface area contributed by atoms with Crippen LogP contribution in [0.15, 0.2) is 0 Å². The maximum atomic E-state index is 11.2. The molecule has 1 amide bonds. The molecule has 0 spiro atoms. The van der Waals surface area contributed by atoms with Crippen molar-refractivity contribution in [3.05, 3.63) is 11.4 Å². The fourth-order valence-electron chi connectivity index (χ4n) is 1.18. The number of carbonyl (C=O) groups excluding carboxylic acids is 1. The number of amides is 1. The van der Waals surface area contributed by atoms with Gasteiger partial charge in [0.25, 0.3) is 6.54 Å². The molecule has 1 aliphatic rings. The molecule has 0 aromatic carbocycles. The average Bonchev–Trinajstić information content (AvgIpc) is 2.73. The molecule has 1 aliphatic carbocycles. The van der Waals surface area contributed by atoms with Crippen LogP contribution in [0.2, 0.25) is 0 Å². The molecule has 3 nitrogen and oxygen atoms in total. The van der Waals surface area contributed by atoms with Crippen LogP contribution >= 0.6 is 0 Å². The predicted octanol–water partition coefficient (Wildman–Crippen LogP) is 0.917. The Kier molecular flexibility index (Phi) is 2.48. The monoisotopic (exact) mass is 152 g/mol. The first-order chi connectivity index (χ1) is 5.29. The normalized spacial score (nSPS) is 15.6. The van der Waals surface area contributed by atoms with E-state index in [1.165, 1.54) is 0 Å². The standard InChI is InChI=1S/C8H12N2O/c1-3-10(7-4-5-7)8(11)6-9-2/h7H,3-6H2,1H3. The van der Waals surface area contributed by atoms with Crippen molar-refractivity contribution >= 4 is 5.91 Å². The Morgan fingerprint density at radius 2 is 2.36 bits per heavy atom. The van der Waals surface area contributed by atoms with Crippen molar-refractivity contribution in [2.75, 3.05) is 13.1 Å². The molecule has 0 atom stereocenters. The lowest BCUT2D eigenvalue weighted by atomic mass is 10.4. The highest BCUT2D eigenvalue weighted by Crippen LogP contribution is 2.26. The van der Waals surface area contributed by atoms with Gasteiger partial charge in [0.1, 0.15) is 0 Å². The third kappa shape index (κ3) is 1.94. The fourth-order valence-corrected chi connectivity index (χ4v) is 1.18. The Morgan fingerprint density at radius 3 is 2.73 bits per heavy atom. The van der Waals surface area contributed by atoms with E-state index in [9.17, 15) is 4.79 Å². The van der Waals surface area contributed by atoms with E-state index in [2.05, 4.69) is 4.85 Å². The zero-order valence-electron chi connectivity index (χ0n) is 6.71. The highest BCUT2D eigenvalue weighted by atomic mass is 16.2. The highest BCUT2D eigenvalue weighted by Gasteiger charge is 2.31. The van der Waals surface area contributed by atoms with E-state index in [-0.39, 0.29) is 12.5 Å². The van der Waals surface area contributed by atoms with Gasteiger partial charge >= 0.3 is 5.91 Å². The summed E-state index contributed by atoms with van der Waals surface area (Å²) in [4.78, 5) is 16.0. The number of nitrogens with zero attached hydrogens (tertiary/aromatic N) is 2. The summed E-state index contributed by atoms with van der Waals surface area (Å²) in [7, 11) is 0. The molecule has 0 heterocycles. The topological polar surface area (TPSA) is 24.7 Å². The summed E-state index contributed by atoms with van der Waals surface area (Å²) >= 11 is 0. The molecule has 0 bridgehead atoms. The van der Waals surface area contributed by atoms with Gasteiger partial charge in [-0.2, -0.15) is 0 Å². The number of rotatable bonds is 3. The van der Waals surface area contributed by atoms with E-state index in [1.54, 1.807) is 4.90 Å². The summed E-state index contributed by atoms with van der Waals surface area (Å²) < 4.78 is 0. The van der Waals surface area contributed by atoms with Crippen molar-refractivity contribution in [2.24, 2.45) is 0 Å². The van der Waals surface area contributed by atoms with Gasteiger partial charge in [0.05, 0.1) is 0 Å². The van der Waals surface area contributed by atoms with Crippen LogP contribution in [0.5, 0.6) is 0 Å². The van der Waals surface area contributed by atoms with Gasteiger partial charge in [-0.1, -0.05) is 0 Å². The molecule has 1 saturated carbocycles. The number of carbonyl (C=O) groups is 1. The van der Waals surface area contributed by atoms with Gasteiger partial charge in [0.15, 0.2) is 0 Å². The minimum atomic E-state index is -0.00926. The highest BCUT2D eigenvalue weighted by molar-refractivity contribution is 5.80. The van der Waals surface area contributed by atoms with Crippen molar-refractivity contribution in [1.82, 2.24) is 4.90 Å². The van der Waals surface area contributed by atoms with E-state index < -0.39 is 0 Å². The van der Waals surface area contributed by atoms with Gasteiger partial charge in [-0.15, -0.1) is 0 Å². The zero-order valence-corrected chi connectivity index (χ0v) is 6.71. The molecule has 0 radical (unpaired) electrons. The molecule has 11 heavy (non-hydrogen) atoms. The second kappa shape index (κ2) is 3.38. The second-order valence-electron chi connectivity index (χ2n) is 2.73. The van der Waals surface area contributed by atoms with Crippen molar-refractivity contribution in [2.45, 2.75) is 25.8 Å². The summed E-state index contributed by atoms with van der Waals surface area (Å²) in [6.07, 6.45) is 2.25. The van der Waals surface area contributed by atoms with Crippen LogP contribution < -0.4 is 0 Å². The second-order valence-corrected chi connectivity index (χ2v) is 2.73. The van der Waals surface area contributed by atoms with Gasteiger partial charge < -0.3 is 9.74 Å². The Labute approximate surface area is 66.8 Å². The van der Waals surface area contributed by atoms with Crippen LogP contribution in [0.3, 0.4) is 0 Å². The maximum Gasteiger partial charge on any atom is 0.302 e. The summed E-state index contributed by atoms with van der Waals surface area (Å²) in [5, 5.41) is 0. The average molecular weight is 152 g/mol.